The highest BCUT2D eigenvalue weighted by atomic mass is 15.3. The van der Waals surface area contributed by atoms with E-state index < -0.39 is 0 Å². The first-order valence-electron chi connectivity index (χ1n) is 16.3. The van der Waals surface area contributed by atoms with Crippen molar-refractivity contribution in [2.45, 2.75) is 39.8 Å². The van der Waals surface area contributed by atoms with Crippen LogP contribution < -0.4 is 20.4 Å². The number of para-hydroxylation sites is 2. The Morgan fingerprint density at radius 2 is 0.795 bits per heavy atom. The lowest BCUT2D eigenvalue weighted by molar-refractivity contribution is 0.136. The van der Waals surface area contributed by atoms with Gasteiger partial charge in [0, 0.05) is 98.6 Å². The molecule has 0 aromatic heterocycles. The summed E-state index contributed by atoms with van der Waals surface area (Å²) in [5.41, 5.74) is 7.04. The van der Waals surface area contributed by atoms with Gasteiger partial charge in [-0.2, -0.15) is 0 Å². The summed E-state index contributed by atoms with van der Waals surface area (Å²) < 4.78 is 0. The van der Waals surface area contributed by atoms with Gasteiger partial charge in [0.05, 0.1) is 0 Å². The number of nitrogens with zero attached hydrogens (tertiary/aromatic N) is 4. The molecule has 0 radical (unpaired) electrons. The fourth-order valence-corrected chi connectivity index (χ4v) is 5.95. The lowest BCUT2D eigenvalue weighted by Gasteiger charge is -2.38. The smallest absolute Gasteiger partial charge is 0.0385 e. The second kappa shape index (κ2) is 15.6. The fourth-order valence-electron chi connectivity index (χ4n) is 5.95. The summed E-state index contributed by atoms with van der Waals surface area (Å²) in [6.07, 6.45) is 0. The van der Waals surface area contributed by atoms with Gasteiger partial charge in [-0.3, -0.25) is 9.80 Å². The highest BCUT2D eigenvalue weighted by Gasteiger charge is 2.20. The van der Waals surface area contributed by atoms with E-state index in [0.29, 0.717) is 12.1 Å². The van der Waals surface area contributed by atoms with Crippen molar-refractivity contribution < 1.29 is 0 Å². The van der Waals surface area contributed by atoms with Crippen molar-refractivity contribution in [1.29, 1.82) is 0 Å². The van der Waals surface area contributed by atoms with Gasteiger partial charge in [0.1, 0.15) is 0 Å². The summed E-state index contributed by atoms with van der Waals surface area (Å²) >= 11 is 0. The lowest BCUT2D eigenvalue weighted by Crippen LogP contribution is -2.50. The number of benzene rings is 4. The molecule has 1 aliphatic rings. The molecule has 232 valence electrons. The van der Waals surface area contributed by atoms with Crippen LogP contribution in [0.4, 0.5) is 34.1 Å². The molecule has 0 atom stereocenters. The van der Waals surface area contributed by atoms with Crippen LogP contribution in [-0.4, -0.2) is 74.2 Å². The molecule has 6 heteroatoms. The van der Waals surface area contributed by atoms with Crippen LogP contribution in [0, 0.1) is 0 Å². The Morgan fingerprint density at radius 3 is 1.11 bits per heavy atom. The van der Waals surface area contributed by atoms with Gasteiger partial charge < -0.3 is 20.4 Å². The molecule has 0 bridgehead atoms. The molecule has 1 saturated heterocycles. The van der Waals surface area contributed by atoms with E-state index in [-0.39, 0.29) is 0 Å². The topological polar surface area (TPSA) is 37.0 Å². The molecule has 0 saturated carbocycles. The first-order valence-corrected chi connectivity index (χ1v) is 16.3. The summed E-state index contributed by atoms with van der Waals surface area (Å²) in [5.74, 6) is 0. The Labute approximate surface area is 265 Å². The minimum atomic E-state index is 0.453. The summed E-state index contributed by atoms with van der Waals surface area (Å²) in [4.78, 5) is 10.3. The van der Waals surface area contributed by atoms with Gasteiger partial charge in [0.15, 0.2) is 0 Å². The van der Waals surface area contributed by atoms with Crippen LogP contribution in [0.3, 0.4) is 0 Å². The van der Waals surface area contributed by atoms with Crippen LogP contribution in [0.15, 0.2) is 109 Å². The fraction of sp³-hybridized carbons (Fsp3) is 0.368. The quantitative estimate of drug-likeness (QED) is 0.155. The summed E-state index contributed by atoms with van der Waals surface area (Å²) in [6, 6.07) is 39.3. The molecule has 4 aromatic rings. The third-order valence-electron chi connectivity index (χ3n) is 8.55. The number of anilines is 6. The predicted octanol–water partition coefficient (Wildman–Crippen LogP) is 7.92. The van der Waals surface area contributed by atoms with Crippen molar-refractivity contribution in [3.63, 3.8) is 0 Å². The standard InChI is InChI=1S/C38H50N6/c1-31(2)43(37-19-15-35(16-20-37)39-33-11-7-5-8-12-33)29-27-41-23-25-42(26-24-41)28-30-44(32(3)4)38-21-17-36(18-22-38)40-34-13-9-6-10-14-34/h5-22,31-32,39-40H,23-30H2,1-4H3. The van der Waals surface area contributed by atoms with Crippen molar-refractivity contribution >= 4 is 34.1 Å². The van der Waals surface area contributed by atoms with Crippen LogP contribution in [0.25, 0.3) is 0 Å². The van der Waals surface area contributed by atoms with Gasteiger partial charge in [-0.05, 0) is 100 Å². The molecule has 5 rings (SSSR count). The van der Waals surface area contributed by atoms with E-state index in [0.717, 1.165) is 75.1 Å². The molecule has 0 spiro atoms. The van der Waals surface area contributed by atoms with Crippen molar-refractivity contribution in [2.75, 3.05) is 72.8 Å². The van der Waals surface area contributed by atoms with Gasteiger partial charge in [-0.25, -0.2) is 0 Å². The van der Waals surface area contributed by atoms with E-state index in [1.807, 2.05) is 12.1 Å². The highest BCUT2D eigenvalue weighted by molar-refractivity contribution is 5.64. The molecule has 0 amide bonds. The van der Waals surface area contributed by atoms with E-state index in [4.69, 9.17) is 0 Å². The molecule has 0 aliphatic carbocycles. The summed E-state index contributed by atoms with van der Waals surface area (Å²) in [5, 5.41) is 6.99. The van der Waals surface area contributed by atoms with Crippen molar-refractivity contribution in [2.24, 2.45) is 0 Å². The van der Waals surface area contributed by atoms with E-state index in [1.54, 1.807) is 0 Å². The van der Waals surface area contributed by atoms with E-state index in [1.165, 1.54) is 11.4 Å². The minimum Gasteiger partial charge on any atom is -0.368 e. The third kappa shape index (κ3) is 9.01. The van der Waals surface area contributed by atoms with Gasteiger partial charge in [-0.1, -0.05) is 36.4 Å². The van der Waals surface area contributed by atoms with Crippen LogP contribution in [0.1, 0.15) is 27.7 Å². The number of hydrogen-bond donors (Lipinski definition) is 2. The second-order valence-corrected chi connectivity index (χ2v) is 12.3. The molecular formula is C38H50N6. The SMILES string of the molecule is CC(C)N(CCN1CCN(CCN(c2ccc(Nc3ccccc3)cc2)C(C)C)CC1)c1ccc(Nc2ccccc2)cc1. The summed E-state index contributed by atoms with van der Waals surface area (Å²) in [7, 11) is 0. The molecule has 1 fully saturated rings. The Morgan fingerprint density at radius 1 is 0.477 bits per heavy atom. The van der Waals surface area contributed by atoms with Crippen LogP contribution in [0.2, 0.25) is 0 Å². The monoisotopic (exact) mass is 590 g/mol. The maximum absolute atomic E-state index is 3.49. The Balaban J connectivity index is 1.06. The average Bonchev–Trinajstić information content (AvgIpc) is 3.04. The largest absolute Gasteiger partial charge is 0.368 e. The molecule has 1 heterocycles. The van der Waals surface area contributed by atoms with Gasteiger partial charge in [0.25, 0.3) is 0 Å². The maximum Gasteiger partial charge on any atom is 0.0385 e. The minimum absolute atomic E-state index is 0.453. The maximum atomic E-state index is 3.49. The number of rotatable bonds is 14. The van der Waals surface area contributed by atoms with Crippen molar-refractivity contribution in [3.8, 4) is 0 Å². The Hall–Kier alpha value is -4.00. The zero-order valence-corrected chi connectivity index (χ0v) is 27.0. The second-order valence-electron chi connectivity index (χ2n) is 12.3. The zero-order valence-electron chi connectivity index (χ0n) is 27.0. The van der Waals surface area contributed by atoms with Crippen molar-refractivity contribution in [3.05, 3.63) is 109 Å². The van der Waals surface area contributed by atoms with E-state index in [2.05, 4.69) is 155 Å². The predicted molar refractivity (Wildman–Crippen MR) is 190 cm³/mol. The van der Waals surface area contributed by atoms with Crippen LogP contribution >= 0.6 is 0 Å². The molecule has 1 aliphatic heterocycles. The molecule has 44 heavy (non-hydrogen) atoms. The average molecular weight is 591 g/mol. The first-order chi connectivity index (χ1) is 21.4. The van der Waals surface area contributed by atoms with Crippen LogP contribution in [-0.2, 0) is 0 Å². The van der Waals surface area contributed by atoms with Gasteiger partial charge in [0.2, 0.25) is 0 Å². The third-order valence-corrected chi connectivity index (χ3v) is 8.55. The zero-order chi connectivity index (χ0) is 30.7. The number of hydrogen-bond acceptors (Lipinski definition) is 6. The first kappa shape index (κ1) is 31.4. The van der Waals surface area contributed by atoms with Crippen molar-refractivity contribution in [1.82, 2.24) is 9.80 Å². The number of piperazine rings is 1. The molecule has 6 nitrogen and oxygen atoms in total. The van der Waals surface area contributed by atoms with E-state index >= 15 is 0 Å². The number of nitrogens with one attached hydrogen (secondary N) is 2. The summed E-state index contributed by atoms with van der Waals surface area (Å²) in [6.45, 7) is 18.0. The van der Waals surface area contributed by atoms with Gasteiger partial charge >= 0.3 is 0 Å². The lowest BCUT2D eigenvalue weighted by atomic mass is 10.2. The highest BCUT2D eigenvalue weighted by Crippen LogP contribution is 2.24. The van der Waals surface area contributed by atoms with E-state index in [9.17, 15) is 0 Å². The molecule has 0 unspecified atom stereocenters. The normalized spacial score (nSPS) is 14.1. The molecule has 2 N–H and O–H groups in total. The van der Waals surface area contributed by atoms with Crippen LogP contribution in [0.5, 0.6) is 0 Å². The molecule has 4 aromatic carbocycles. The molecular weight excluding hydrogens is 540 g/mol. The Bertz CT molecular complexity index is 1260. The Kier molecular flexibility index (Phi) is 11.2. The van der Waals surface area contributed by atoms with Gasteiger partial charge in [-0.15, -0.1) is 0 Å².